The summed E-state index contributed by atoms with van der Waals surface area (Å²) in [4.78, 5) is 13.8. The minimum atomic E-state index is -0.514. The average molecular weight is 375 g/mol. The van der Waals surface area contributed by atoms with Gasteiger partial charge in [0, 0.05) is 5.41 Å². The number of hydrogen-bond donors (Lipinski definition) is 0. The molecule has 0 aromatic heterocycles. The third kappa shape index (κ3) is 1.97. The van der Waals surface area contributed by atoms with Crippen LogP contribution in [0.25, 0.3) is 0 Å². The molecule has 2 nitrogen and oxygen atoms in total. The van der Waals surface area contributed by atoms with Crippen molar-refractivity contribution in [3.8, 4) is 0 Å². The summed E-state index contributed by atoms with van der Waals surface area (Å²) in [5.74, 6) is 2.77. The Morgan fingerprint density at radius 2 is 1.56 bits per heavy atom. The summed E-state index contributed by atoms with van der Waals surface area (Å²) in [5.41, 5.74) is -0.346. The minimum absolute atomic E-state index is 0.0275. The standard InChI is InChI=1S/C25H42O2/c1-10-21(5,6)23(9,20(2,3)4)19(26)27-22(7,8)24-13-16-11-17-12-18(15-24)25(17,24)14-16/h16-18H,10-15H2,1-9H3. The first kappa shape index (κ1) is 19.8. The van der Waals surface area contributed by atoms with Gasteiger partial charge >= 0.3 is 5.97 Å². The van der Waals surface area contributed by atoms with Crippen molar-refractivity contribution in [2.75, 3.05) is 0 Å². The fourth-order valence-corrected chi connectivity index (χ4v) is 8.62. The van der Waals surface area contributed by atoms with E-state index >= 15 is 0 Å². The van der Waals surface area contributed by atoms with E-state index in [9.17, 15) is 4.79 Å². The third-order valence-electron chi connectivity index (χ3n) is 11.0. The SMILES string of the molecule is CCC(C)(C)C(C)(C(=O)OC(C)(C)C12CC3CC4CC(C1)C42C3)C(C)(C)C. The molecule has 0 aromatic rings. The van der Waals surface area contributed by atoms with E-state index in [1.165, 1.54) is 32.1 Å². The van der Waals surface area contributed by atoms with Gasteiger partial charge in [0.2, 0.25) is 0 Å². The van der Waals surface area contributed by atoms with Crippen LogP contribution >= 0.6 is 0 Å². The van der Waals surface area contributed by atoms with Gasteiger partial charge in [-0.1, -0.05) is 41.5 Å². The van der Waals surface area contributed by atoms with E-state index in [-0.39, 0.29) is 27.8 Å². The quantitative estimate of drug-likeness (QED) is 0.505. The Labute approximate surface area is 167 Å². The summed E-state index contributed by atoms with van der Waals surface area (Å²) in [7, 11) is 0. The second-order valence-electron chi connectivity index (χ2n) is 13.0. The smallest absolute Gasteiger partial charge is 0.313 e. The number of hydrogen-bond acceptors (Lipinski definition) is 2. The molecule has 4 aliphatic carbocycles. The lowest BCUT2D eigenvalue weighted by atomic mass is 9.29. The van der Waals surface area contributed by atoms with Gasteiger partial charge in [0.05, 0.1) is 5.41 Å². The molecule has 27 heavy (non-hydrogen) atoms. The van der Waals surface area contributed by atoms with Gasteiger partial charge in [-0.2, -0.15) is 0 Å². The van der Waals surface area contributed by atoms with E-state index in [4.69, 9.17) is 4.74 Å². The predicted molar refractivity (Wildman–Crippen MR) is 110 cm³/mol. The zero-order chi connectivity index (χ0) is 20.3. The Morgan fingerprint density at radius 3 is 2.04 bits per heavy atom. The van der Waals surface area contributed by atoms with Crippen LogP contribution in [0.2, 0.25) is 0 Å². The molecule has 0 saturated heterocycles. The highest BCUT2D eigenvalue weighted by Gasteiger charge is 2.84. The first-order valence-corrected chi connectivity index (χ1v) is 11.4. The summed E-state index contributed by atoms with van der Waals surface area (Å²) in [5, 5.41) is 0. The van der Waals surface area contributed by atoms with Crippen LogP contribution in [-0.4, -0.2) is 11.6 Å². The molecule has 0 N–H and O–H groups in total. The number of carbonyl (C=O) groups excluding carboxylic acids is 1. The Balaban J connectivity index is 1.64. The van der Waals surface area contributed by atoms with Crippen LogP contribution in [0.5, 0.6) is 0 Å². The maximum Gasteiger partial charge on any atom is 0.313 e. The van der Waals surface area contributed by atoms with Gasteiger partial charge < -0.3 is 4.74 Å². The Bertz CT molecular complexity index is 668. The van der Waals surface area contributed by atoms with Gasteiger partial charge in [-0.3, -0.25) is 4.79 Å². The van der Waals surface area contributed by atoms with Crippen LogP contribution in [0.15, 0.2) is 0 Å². The normalized spacial score (nSPS) is 42.0. The summed E-state index contributed by atoms with van der Waals surface area (Å²) < 4.78 is 6.60. The summed E-state index contributed by atoms with van der Waals surface area (Å²) >= 11 is 0. The molecular formula is C25H42O2. The fourth-order valence-electron chi connectivity index (χ4n) is 8.62. The Kier molecular flexibility index (Phi) is 3.76. The zero-order valence-electron chi connectivity index (χ0n) is 19.3. The molecule has 0 amide bonds. The van der Waals surface area contributed by atoms with Crippen LogP contribution in [0.1, 0.15) is 101 Å². The highest BCUT2D eigenvalue weighted by atomic mass is 16.6. The lowest BCUT2D eigenvalue weighted by Crippen LogP contribution is -2.73. The molecule has 154 valence electrons. The van der Waals surface area contributed by atoms with Gasteiger partial charge in [0.25, 0.3) is 0 Å². The largest absolute Gasteiger partial charge is 0.459 e. The summed E-state index contributed by atoms with van der Waals surface area (Å²) in [6.45, 7) is 19.9. The van der Waals surface area contributed by atoms with Crippen molar-refractivity contribution in [1.82, 2.24) is 0 Å². The Morgan fingerprint density at radius 1 is 0.926 bits per heavy atom. The fraction of sp³-hybridized carbons (Fsp3) is 0.960. The van der Waals surface area contributed by atoms with Crippen molar-refractivity contribution in [3.05, 3.63) is 0 Å². The van der Waals surface area contributed by atoms with Crippen LogP contribution in [0, 0.1) is 44.8 Å². The maximum absolute atomic E-state index is 13.8. The number of rotatable bonds is 5. The molecule has 0 radical (unpaired) electrons. The van der Waals surface area contributed by atoms with E-state index in [1.54, 1.807) is 0 Å². The lowest BCUT2D eigenvalue weighted by molar-refractivity contribution is -0.312. The van der Waals surface area contributed by atoms with E-state index in [0.717, 1.165) is 24.2 Å². The monoisotopic (exact) mass is 374 g/mol. The molecule has 4 aliphatic rings. The molecule has 4 fully saturated rings. The van der Waals surface area contributed by atoms with Crippen molar-refractivity contribution in [2.24, 2.45) is 44.8 Å². The molecule has 6 unspecified atom stereocenters. The topological polar surface area (TPSA) is 26.3 Å². The highest BCUT2D eigenvalue weighted by Crippen LogP contribution is 2.89. The summed E-state index contributed by atoms with van der Waals surface area (Å²) in [6.07, 6.45) is 7.88. The summed E-state index contributed by atoms with van der Waals surface area (Å²) in [6, 6.07) is 0. The van der Waals surface area contributed by atoms with E-state index in [1.807, 2.05) is 0 Å². The number of esters is 1. The molecule has 4 saturated carbocycles. The van der Waals surface area contributed by atoms with Crippen molar-refractivity contribution >= 4 is 5.97 Å². The van der Waals surface area contributed by atoms with Crippen LogP contribution in [-0.2, 0) is 9.53 Å². The van der Waals surface area contributed by atoms with Gasteiger partial charge in [-0.15, -0.1) is 0 Å². The van der Waals surface area contributed by atoms with Crippen LogP contribution in [0.4, 0.5) is 0 Å². The third-order valence-corrected chi connectivity index (χ3v) is 11.0. The number of fused-ring (bicyclic) bond motifs is 1. The highest BCUT2D eigenvalue weighted by molar-refractivity contribution is 5.79. The molecule has 4 rings (SSSR count). The second kappa shape index (κ2) is 5.14. The molecule has 0 aliphatic heterocycles. The lowest BCUT2D eigenvalue weighted by Gasteiger charge is -2.76. The first-order chi connectivity index (χ1) is 12.2. The van der Waals surface area contributed by atoms with Gasteiger partial charge in [-0.05, 0) is 93.3 Å². The number of carbonyl (C=O) groups is 1. The van der Waals surface area contributed by atoms with Gasteiger partial charge in [0.15, 0.2) is 0 Å². The zero-order valence-corrected chi connectivity index (χ0v) is 19.3. The van der Waals surface area contributed by atoms with E-state index in [0.29, 0.717) is 5.41 Å². The average Bonchev–Trinajstić information content (AvgIpc) is 3.01. The molecule has 2 bridgehead atoms. The maximum atomic E-state index is 13.8. The van der Waals surface area contributed by atoms with E-state index < -0.39 is 5.41 Å². The Hall–Kier alpha value is -0.530. The van der Waals surface area contributed by atoms with Crippen molar-refractivity contribution < 1.29 is 9.53 Å². The predicted octanol–water partition coefficient (Wildman–Crippen LogP) is 6.62. The number of ether oxygens (including phenoxy) is 1. The van der Waals surface area contributed by atoms with Gasteiger partial charge in [-0.25, -0.2) is 0 Å². The molecule has 2 heteroatoms. The minimum Gasteiger partial charge on any atom is -0.459 e. The van der Waals surface area contributed by atoms with Crippen LogP contribution in [0.3, 0.4) is 0 Å². The van der Waals surface area contributed by atoms with Crippen molar-refractivity contribution in [2.45, 2.75) is 106 Å². The second-order valence-corrected chi connectivity index (χ2v) is 13.0. The molecule has 6 atom stereocenters. The van der Waals surface area contributed by atoms with Crippen LogP contribution < -0.4 is 0 Å². The molecule has 0 aromatic carbocycles. The molecule has 0 heterocycles. The van der Waals surface area contributed by atoms with Crippen molar-refractivity contribution in [3.63, 3.8) is 0 Å². The molecular weight excluding hydrogens is 332 g/mol. The molecule has 1 spiro atoms. The van der Waals surface area contributed by atoms with Gasteiger partial charge in [0.1, 0.15) is 5.60 Å². The van der Waals surface area contributed by atoms with Crippen molar-refractivity contribution in [1.29, 1.82) is 0 Å². The first-order valence-electron chi connectivity index (χ1n) is 11.4. The van der Waals surface area contributed by atoms with E-state index in [2.05, 4.69) is 62.3 Å².